The summed E-state index contributed by atoms with van der Waals surface area (Å²) in [5, 5.41) is 0. The quantitative estimate of drug-likeness (QED) is 0.825. The monoisotopic (exact) mass is 346 g/mol. The minimum atomic E-state index is -3.49. The fraction of sp³-hybridized carbons (Fsp3) is 0.312. The van der Waals surface area contributed by atoms with Crippen LogP contribution >= 0.6 is 0 Å². The molecule has 0 N–H and O–H groups in total. The van der Waals surface area contributed by atoms with Crippen molar-refractivity contribution in [1.82, 2.24) is 19.2 Å². The second kappa shape index (κ2) is 6.29. The van der Waals surface area contributed by atoms with E-state index in [0.29, 0.717) is 25.1 Å². The molecule has 0 saturated carbocycles. The third-order valence-corrected chi connectivity index (χ3v) is 5.86. The molecule has 3 rings (SSSR count). The predicted octanol–water partition coefficient (Wildman–Crippen LogP) is 0.925. The molecule has 0 aliphatic carbocycles. The van der Waals surface area contributed by atoms with Crippen LogP contribution in [0.3, 0.4) is 0 Å². The van der Waals surface area contributed by atoms with Gasteiger partial charge in [-0.15, -0.1) is 0 Å². The molecule has 1 amide bonds. The van der Waals surface area contributed by atoms with E-state index in [-0.39, 0.29) is 10.8 Å². The number of benzene rings is 1. The van der Waals surface area contributed by atoms with Gasteiger partial charge in [-0.25, -0.2) is 22.7 Å². The summed E-state index contributed by atoms with van der Waals surface area (Å²) in [5.74, 6) is -0.127. The van der Waals surface area contributed by atoms with Crippen molar-refractivity contribution in [3.63, 3.8) is 0 Å². The van der Waals surface area contributed by atoms with Gasteiger partial charge in [0.1, 0.15) is 6.33 Å². The number of carbonyl (C=O) groups is 1. The first kappa shape index (κ1) is 16.5. The Kier molecular flexibility index (Phi) is 4.33. The van der Waals surface area contributed by atoms with Gasteiger partial charge in [-0.05, 0) is 24.3 Å². The Labute approximate surface area is 141 Å². The van der Waals surface area contributed by atoms with Crippen LogP contribution in [-0.2, 0) is 23.0 Å². The van der Waals surface area contributed by atoms with E-state index in [1.54, 1.807) is 23.2 Å². The summed E-state index contributed by atoms with van der Waals surface area (Å²) in [7, 11) is -0.545. The molecule has 0 fully saturated rings. The van der Waals surface area contributed by atoms with Crippen molar-refractivity contribution in [2.24, 2.45) is 0 Å². The van der Waals surface area contributed by atoms with Crippen molar-refractivity contribution in [2.75, 3.05) is 20.6 Å². The minimum Gasteiger partial charge on any atom is -0.334 e. The van der Waals surface area contributed by atoms with E-state index < -0.39 is 10.0 Å². The van der Waals surface area contributed by atoms with Gasteiger partial charge in [-0.3, -0.25) is 4.79 Å². The molecular formula is C16H18N4O3S. The molecule has 0 bridgehead atoms. The fourth-order valence-electron chi connectivity index (χ4n) is 2.60. The third-order valence-electron chi connectivity index (χ3n) is 4.03. The van der Waals surface area contributed by atoms with Gasteiger partial charge in [0.05, 0.1) is 10.6 Å². The average Bonchev–Trinajstić information content (AvgIpc) is 2.60. The van der Waals surface area contributed by atoms with Crippen LogP contribution in [0, 0.1) is 0 Å². The number of fused-ring (bicyclic) bond motifs is 1. The zero-order valence-electron chi connectivity index (χ0n) is 13.5. The highest BCUT2D eigenvalue weighted by molar-refractivity contribution is 7.89. The molecule has 126 valence electrons. The number of hydrogen-bond acceptors (Lipinski definition) is 5. The Morgan fingerprint density at radius 2 is 1.92 bits per heavy atom. The van der Waals surface area contributed by atoms with Gasteiger partial charge >= 0.3 is 0 Å². The summed E-state index contributed by atoms with van der Waals surface area (Å²) in [4.78, 5) is 22.7. The summed E-state index contributed by atoms with van der Waals surface area (Å²) >= 11 is 0. The number of rotatable bonds is 3. The molecule has 8 heteroatoms. The van der Waals surface area contributed by atoms with Crippen molar-refractivity contribution in [2.45, 2.75) is 17.9 Å². The van der Waals surface area contributed by atoms with E-state index in [1.165, 1.54) is 32.6 Å². The Morgan fingerprint density at radius 3 is 2.58 bits per heavy atom. The van der Waals surface area contributed by atoms with Crippen LogP contribution in [0.25, 0.3) is 0 Å². The van der Waals surface area contributed by atoms with Crippen LogP contribution in [0.2, 0.25) is 0 Å². The van der Waals surface area contributed by atoms with Crippen LogP contribution in [0.4, 0.5) is 0 Å². The number of aromatic nitrogens is 2. The normalized spacial score (nSPS) is 14.5. The molecule has 7 nitrogen and oxygen atoms in total. The first-order valence-corrected chi connectivity index (χ1v) is 8.93. The molecule has 1 aliphatic rings. The summed E-state index contributed by atoms with van der Waals surface area (Å²) in [6, 6.07) is 6.03. The standard InChI is InChI=1S/C16H18N4O3S/c1-19(2)24(22,23)14-5-3-12(4-6-14)16(21)20-8-7-15-13(10-20)9-17-11-18-15/h3-6,9,11H,7-8,10H2,1-2H3. The van der Waals surface area contributed by atoms with E-state index in [4.69, 9.17) is 0 Å². The lowest BCUT2D eigenvalue weighted by Gasteiger charge is -2.28. The van der Waals surface area contributed by atoms with Crippen molar-refractivity contribution in [3.8, 4) is 0 Å². The summed E-state index contributed by atoms with van der Waals surface area (Å²) < 4.78 is 25.3. The van der Waals surface area contributed by atoms with Gasteiger partial charge in [0.15, 0.2) is 0 Å². The van der Waals surface area contributed by atoms with Crippen molar-refractivity contribution in [1.29, 1.82) is 0 Å². The zero-order valence-corrected chi connectivity index (χ0v) is 14.3. The van der Waals surface area contributed by atoms with Crippen molar-refractivity contribution in [3.05, 3.63) is 53.6 Å². The topological polar surface area (TPSA) is 83.5 Å². The molecule has 2 heterocycles. The van der Waals surface area contributed by atoms with Gasteiger partial charge in [0.2, 0.25) is 10.0 Å². The Morgan fingerprint density at radius 1 is 1.21 bits per heavy atom. The summed E-state index contributed by atoms with van der Waals surface area (Å²) in [6.07, 6.45) is 3.94. The molecule has 0 saturated heterocycles. The van der Waals surface area contributed by atoms with Crippen LogP contribution in [0.1, 0.15) is 21.6 Å². The maximum atomic E-state index is 12.6. The van der Waals surface area contributed by atoms with E-state index in [9.17, 15) is 13.2 Å². The first-order valence-electron chi connectivity index (χ1n) is 7.49. The molecule has 1 aromatic carbocycles. The predicted molar refractivity (Wildman–Crippen MR) is 87.8 cm³/mol. The maximum absolute atomic E-state index is 12.6. The van der Waals surface area contributed by atoms with Gasteiger partial charge in [-0.2, -0.15) is 0 Å². The maximum Gasteiger partial charge on any atom is 0.254 e. The number of carbonyl (C=O) groups excluding carboxylic acids is 1. The van der Waals surface area contributed by atoms with Crippen molar-refractivity contribution < 1.29 is 13.2 Å². The molecule has 24 heavy (non-hydrogen) atoms. The first-order chi connectivity index (χ1) is 11.4. The summed E-state index contributed by atoms with van der Waals surface area (Å²) in [6.45, 7) is 1.05. The van der Waals surface area contributed by atoms with Gasteiger partial charge in [0.25, 0.3) is 5.91 Å². The number of nitrogens with zero attached hydrogens (tertiary/aromatic N) is 4. The lowest BCUT2D eigenvalue weighted by Crippen LogP contribution is -2.36. The highest BCUT2D eigenvalue weighted by atomic mass is 32.2. The fourth-order valence-corrected chi connectivity index (χ4v) is 3.50. The Balaban J connectivity index is 1.79. The highest BCUT2D eigenvalue weighted by Crippen LogP contribution is 2.19. The van der Waals surface area contributed by atoms with E-state index in [0.717, 1.165) is 15.6 Å². The number of sulfonamides is 1. The van der Waals surface area contributed by atoms with Crippen LogP contribution in [0.5, 0.6) is 0 Å². The zero-order chi connectivity index (χ0) is 17.3. The number of amides is 1. The van der Waals surface area contributed by atoms with E-state index in [2.05, 4.69) is 9.97 Å². The van der Waals surface area contributed by atoms with E-state index >= 15 is 0 Å². The molecular weight excluding hydrogens is 328 g/mol. The van der Waals surface area contributed by atoms with Crippen LogP contribution < -0.4 is 0 Å². The molecule has 2 aromatic rings. The minimum absolute atomic E-state index is 0.127. The second-order valence-corrected chi connectivity index (χ2v) is 7.94. The molecule has 1 aromatic heterocycles. The van der Waals surface area contributed by atoms with Gasteiger partial charge in [0, 0.05) is 50.9 Å². The highest BCUT2D eigenvalue weighted by Gasteiger charge is 2.23. The Hall–Kier alpha value is -2.32. The van der Waals surface area contributed by atoms with Crippen LogP contribution in [-0.4, -0.2) is 54.1 Å². The molecule has 1 aliphatic heterocycles. The smallest absolute Gasteiger partial charge is 0.254 e. The molecule has 0 radical (unpaired) electrons. The third kappa shape index (κ3) is 3.02. The van der Waals surface area contributed by atoms with Gasteiger partial charge < -0.3 is 4.90 Å². The lowest BCUT2D eigenvalue weighted by atomic mass is 10.1. The molecule has 0 atom stereocenters. The number of hydrogen-bond donors (Lipinski definition) is 0. The largest absolute Gasteiger partial charge is 0.334 e. The van der Waals surface area contributed by atoms with Crippen molar-refractivity contribution >= 4 is 15.9 Å². The Bertz CT molecular complexity index is 863. The second-order valence-electron chi connectivity index (χ2n) is 5.78. The summed E-state index contributed by atoms with van der Waals surface area (Å²) in [5.41, 5.74) is 2.39. The van der Waals surface area contributed by atoms with E-state index in [1.807, 2.05) is 0 Å². The van der Waals surface area contributed by atoms with Crippen LogP contribution in [0.15, 0.2) is 41.7 Å². The average molecular weight is 346 g/mol. The molecule has 0 spiro atoms. The van der Waals surface area contributed by atoms with Gasteiger partial charge in [-0.1, -0.05) is 0 Å². The SMILES string of the molecule is CN(C)S(=O)(=O)c1ccc(C(=O)N2CCc3ncncc3C2)cc1. The molecule has 0 unspecified atom stereocenters. The lowest BCUT2D eigenvalue weighted by molar-refractivity contribution is 0.0733.